The Hall–Kier alpha value is -3.49. The number of non-ortho nitro benzene ring substituents is 2. The molecule has 112 valence electrons. The average molecular weight is 304 g/mol. The minimum Gasteiger partial charge on any atom is -0.395 e. The third-order valence-corrected chi connectivity index (χ3v) is 2.48. The largest absolute Gasteiger partial charge is 0.519 e. The van der Waals surface area contributed by atoms with Crippen molar-refractivity contribution in [3.05, 3.63) is 68.8 Å². The summed E-state index contributed by atoms with van der Waals surface area (Å²) in [6.07, 6.45) is -1.12. The molecule has 0 fully saturated rings. The van der Waals surface area contributed by atoms with Crippen molar-refractivity contribution in [2.45, 2.75) is 0 Å². The van der Waals surface area contributed by atoms with E-state index in [4.69, 9.17) is 9.47 Å². The van der Waals surface area contributed by atoms with Gasteiger partial charge in [-0.2, -0.15) is 0 Å². The number of carbonyl (C=O) groups is 1. The van der Waals surface area contributed by atoms with E-state index in [0.29, 0.717) is 0 Å². The second-order valence-electron chi connectivity index (χ2n) is 3.96. The minimum atomic E-state index is -1.12. The number of nitrogens with zero attached hydrogens (tertiary/aromatic N) is 2. The highest BCUT2D eigenvalue weighted by Gasteiger charge is 2.12. The van der Waals surface area contributed by atoms with E-state index in [-0.39, 0.29) is 22.9 Å². The Kier molecular flexibility index (Phi) is 4.27. The van der Waals surface area contributed by atoms with Crippen molar-refractivity contribution in [3.8, 4) is 11.5 Å². The summed E-state index contributed by atoms with van der Waals surface area (Å²) >= 11 is 0. The van der Waals surface area contributed by atoms with Gasteiger partial charge in [-0.05, 0) is 18.2 Å². The lowest BCUT2D eigenvalue weighted by Gasteiger charge is -2.05. The van der Waals surface area contributed by atoms with E-state index in [0.717, 1.165) is 18.2 Å². The van der Waals surface area contributed by atoms with Crippen molar-refractivity contribution in [1.82, 2.24) is 0 Å². The maximum Gasteiger partial charge on any atom is 0.519 e. The normalized spacial score (nSPS) is 9.82. The van der Waals surface area contributed by atoms with Gasteiger partial charge in [-0.15, -0.1) is 0 Å². The van der Waals surface area contributed by atoms with Crippen LogP contribution in [0.5, 0.6) is 11.5 Å². The lowest BCUT2D eigenvalue weighted by molar-refractivity contribution is -0.385. The number of ether oxygens (including phenoxy) is 2. The minimum absolute atomic E-state index is 0.0426. The van der Waals surface area contributed by atoms with E-state index in [1.165, 1.54) is 30.3 Å². The number of carbonyl (C=O) groups excluding carboxylic acids is 1. The van der Waals surface area contributed by atoms with Gasteiger partial charge in [0.1, 0.15) is 11.5 Å². The number of hydrogen-bond acceptors (Lipinski definition) is 7. The molecule has 0 unspecified atom stereocenters. The molecule has 0 aliphatic carbocycles. The van der Waals surface area contributed by atoms with Crippen molar-refractivity contribution in [1.29, 1.82) is 0 Å². The van der Waals surface area contributed by atoms with Gasteiger partial charge in [-0.25, -0.2) is 4.79 Å². The summed E-state index contributed by atoms with van der Waals surface area (Å²) in [5, 5.41) is 21.1. The van der Waals surface area contributed by atoms with Crippen LogP contribution >= 0.6 is 0 Å². The zero-order chi connectivity index (χ0) is 16.1. The van der Waals surface area contributed by atoms with Crippen molar-refractivity contribution in [2.75, 3.05) is 0 Å². The molecule has 2 aromatic carbocycles. The first-order valence-electron chi connectivity index (χ1n) is 5.84. The van der Waals surface area contributed by atoms with Gasteiger partial charge in [0.2, 0.25) is 0 Å². The molecule has 22 heavy (non-hydrogen) atoms. The number of nitro benzene ring substituents is 2. The third-order valence-electron chi connectivity index (χ3n) is 2.48. The van der Waals surface area contributed by atoms with Gasteiger partial charge in [0, 0.05) is 18.2 Å². The van der Waals surface area contributed by atoms with Crippen LogP contribution in [-0.2, 0) is 0 Å². The smallest absolute Gasteiger partial charge is 0.395 e. The fourth-order valence-corrected chi connectivity index (χ4v) is 1.51. The molecule has 0 aliphatic rings. The van der Waals surface area contributed by atoms with Gasteiger partial charge in [0.15, 0.2) is 0 Å². The Bertz CT molecular complexity index is 727. The molecule has 0 radical (unpaired) electrons. The summed E-state index contributed by atoms with van der Waals surface area (Å²) < 4.78 is 9.59. The van der Waals surface area contributed by atoms with Crippen LogP contribution in [0.1, 0.15) is 0 Å². The Morgan fingerprint density at radius 3 is 2.00 bits per heavy atom. The van der Waals surface area contributed by atoms with Crippen molar-refractivity contribution in [3.63, 3.8) is 0 Å². The standard InChI is InChI=1S/C13H8N2O7/c16-13(21-11-6-4-9(5-7-11)14(17)18)22-12-3-1-2-10(8-12)15(19)20/h1-8H. The third kappa shape index (κ3) is 3.76. The molecule has 9 heteroatoms. The van der Waals surface area contributed by atoms with E-state index in [1.807, 2.05) is 0 Å². The van der Waals surface area contributed by atoms with Crippen molar-refractivity contribution < 1.29 is 24.1 Å². The first-order chi connectivity index (χ1) is 10.5. The summed E-state index contributed by atoms with van der Waals surface area (Å²) in [4.78, 5) is 31.4. The Morgan fingerprint density at radius 2 is 1.41 bits per heavy atom. The monoisotopic (exact) mass is 304 g/mol. The number of benzene rings is 2. The summed E-state index contributed by atoms with van der Waals surface area (Å²) in [6.45, 7) is 0. The SMILES string of the molecule is O=C(Oc1ccc([N+](=O)[O-])cc1)Oc1cccc([N+](=O)[O-])c1. The maximum atomic E-state index is 11.5. The predicted octanol–water partition coefficient (Wildman–Crippen LogP) is 3.08. The van der Waals surface area contributed by atoms with Crippen molar-refractivity contribution in [2.24, 2.45) is 0 Å². The average Bonchev–Trinajstić information content (AvgIpc) is 2.47. The van der Waals surface area contributed by atoms with E-state index in [9.17, 15) is 25.0 Å². The fraction of sp³-hybridized carbons (Fsp3) is 0. The lowest BCUT2D eigenvalue weighted by Crippen LogP contribution is -2.13. The molecule has 0 aliphatic heterocycles. The predicted molar refractivity (Wildman–Crippen MR) is 72.8 cm³/mol. The van der Waals surface area contributed by atoms with E-state index in [2.05, 4.69) is 0 Å². The van der Waals surface area contributed by atoms with Gasteiger partial charge in [0.25, 0.3) is 11.4 Å². The second kappa shape index (κ2) is 6.31. The first-order valence-corrected chi connectivity index (χ1v) is 5.84. The molecule has 9 nitrogen and oxygen atoms in total. The zero-order valence-electron chi connectivity index (χ0n) is 10.9. The van der Waals surface area contributed by atoms with Crippen LogP contribution in [0, 0.1) is 20.2 Å². The second-order valence-corrected chi connectivity index (χ2v) is 3.96. The number of rotatable bonds is 4. The van der Waals surface area contributed by atoms with E-state index in [1.54, 1.807) is 0 Å². The van der Waals surface area contributed by atoms with Gasteiger partial charge < -0.3 is 9.47 Å². The molecule has 2 rings (SSSR count). The Balaban J connectivity index is 2.02. The zero-order valence-corrected chi connectivity index (χ0v) is 10.9. The van der Waals surface area contributed by atoms with Crippen LogP contribution < -0.4 is 9.47 Å². The molecular weight excluding hydrogens is 296 g/mol. The van der Waals surface area contributed by atoms with Gasteiger partial charge in [-0.1, -0.05) is 6.07 Å². The molecule has 0 heterocycles. The molecule has 0 N–H and O–H groups in total. The molecule has 0 saturated carbocycles. The lowest BCUT2D eigenvalue weighted by atomic mass is 10.3. The highest BCUT2D eigenvalue weighted by atomic mass is 16.7. The van der Waals surface area contributed by atoms with Crippen LogP contribution in [0.25, 0.3) is 0 Å². The van der Waals surface area contributed by atoms with E-state index < -0.39 is 16.0 Å². The molecule has 0 spiro atoms. The molecule has 0 atom stereocenters. The van der Waals surface area contributed by atoms with E-state index >= 15 is 0 Å². The number of nitro groups is 2. The Morgan fingerprint density at radius 1 is 0.818 bits per heavy atom. The number of hydrogen-bond donors (Lipinski definition) is 0. The van der Waals surface area contributed by atoms with Crippen LogP contribution in [0.4, 0.5) is 16.2 Å². The highest BCUT2D eigenvalue weighted by molar-refractivity contribution is 5.67. The Labute approximate surface area is 123 Å². The van der Waals surface area contributed by atoms with Gasteiger partial charge in [-0.3, -0.25) is 20.2 Å². The fourth-order valence-electron chi connectivity index (χ4n) is 1.51. The molecule has 0 amide bonds. The summed E-state index contributed by atoms with van der Waals surface area (Å²) in [5.74, 6) is -0.0119. The van der Waals surface area contributed by atoms with Gasteiger partial charge >= 0.3 is 6.16 Å². The molecule has 2 aromatic rings. The van der Waals surface area contributed by atoms with Crippen LogP contribution in [0.15, 0.2) is 48.5 Å². The van der Waals surface area contributed by atoms with Crippen LogP contribution in [-0.4, -0.2) is 16.0 Å². The quantitative estimate of drug-likeness (QED) is 0.368. The summed E-state index contributed by atoms with van der Waals surface area (Å²) in [7, 11) is 0. The van der Waals surface area contributed by atoms with Crippen LogP contribution in [0.2, 0.25) is 0 Å². The molecule has 0 aromatic heterocycles. The highest BCUT2D eigenvalue weighted by Crippen LogP contribution is 2.21. The molecule has 0 saturated heterocycles. The first kappa shape index (κ1) is 14.9. The topological polar surface area (TPSA) is 122 Å². The molecular formula is C13H8N2O7. The maximum absolute atomic E-state index is 11.5. The van der Waals surface area contributed by atoms with Crippen LogP contribution in [0.3, 0.4) is 0 Å². The van der Waals surface area contributed by atoms with Gasteiger partial charge in [0.05, 0.1) is 15.9 Å². The van der Waals surface area contributed by atoms with Crippen molar-refractivity contribution >= 4 is 17.5 Å². The summed E-state index contributed by atoms with van der Waals surface area (Å²) in [6, 6.07) is 9.80. The summed E-state index contributed by atoms with van der Waals surface area (Å²) in [5.41, 5.74) is -0.389. The molecule has 0 bridgehead atoms.